The lowest BCUT2D eigenvalue weighted by molar-refractivity contribution is 0.413. The molecule has 1 aromatic carbocycles. The lowest BCUT2D eigenvalue weighted by atomic mass is 10.0. The van der Waals surface area contributed by atoms with Gasteiger partial charge in [0.1, 0.15) is 5.82 Å². The van der Waals surface area contributed by atoms with Crippen molar-refractivity contribution in [2.24, 2.45) is 0 Å². The van der Waals surface area contributed by atoms with Gasteiger partial charge in [-0.15, -0.1) is 0 Å². The highest BCUT2D eigenvalue weighted by Crippen LogP contribution is 2.18. The van der Waals surface area contributed by atoms with Crippen molar-refractivity contribution in [3.05, 3.63) is 59.2 Å². The second kappa shape index (κ2) is 6.92. The third-order valence-corrected chi connectivity index (χ3v) is 4.19. The molecule has 0 atom stereocenters. The SMILES string of the molecule is Clc1cccc(CNC2CCN(c3ccccn3)CC2)c1. The first-order chi connectivity index (χ1) is 10.3. The van der Waals surface area contributed by atoms with Crippen molar-refractivity contribution in [1.82, 2.24) is 10.3 Å². The third-order valence-electron chi connectivity index (χ3n) is 3.95. The normalized spacial score (nSPS) is 16.1. The maximum Gasteiger partial charge on any atom is 0.128 e. The predicted octanol–water partition coefficient (Wildman–Crippen LogP) is 3.49. The summed E-state index contributed by atoms with van der Waals surface area (Å²) >= 11 is 6.01. The van der Waals surface area contributed by atoms with Crippen molar-refractivity contribution in [2.75, 3.05) is 18.0 Å². The van der Waals surface area contributed by atoms with E-state index in [2.05, 4.69) is 27.3 Å². The Bertz CT molecular complexity index is 565. The van der Waals surface area contributed by atoms with Gasteiger partial charge in [-0.1, -0.05) is 29.8 Å². The Balaban J connectivity index is 1.48. The molecular formula is C17H20ClN3. The molecule has 1 N–H and O–H groups in total. The predicted molar refractivity (Wildman–Crippen MR) is 87.8 cm³/mol. The number of hydrogen-bond acceptors (Lipinski definition) is 3. The standard InChI is InChI=1S/C17H20ClN3/c18-15-5-3-4-14(12-15)13-20-16-7-10-21(11-8-16)17-6-1-2-9-19-17/h1-6,9,12,16,20H,7-8,10-11,13H2. The number of nitrogens with one attached hydrogen (secondary N) is 1. The van der Waals surface area contributed by atoms with Gasteiger partial charge in [0.05, 0.1) is 0 Å². The Morgan fingerprint density at radius 3 is 2.71 bits per heavy atom. The lowest BCUT2D eigenvalue weighted by Crippen LogP contribution is -2.42. The van der Waals surface area contributed by atoms with E-state index >= 15 is 0 Å². The Kier molecular flexibility index (Phi) is 4.73. The van der Waals surface area contributed by atoms with Gasteiger partial charge in [-0.25, -0.2) is 4.98 Å². The summed E-state index contributed by atoms with van der Waals surface area (Å²) in [7, 11) is 0. The number of rotatable bonds is 4. The summed E-state index contributed by atoms with van der Waals surface area (Å²) in [6.07, 6.45) is 4.16. The van der Waals surface area contributed by atoms with Crippen LogP contribution in [0.1, 0.15) is 18.4 Å². The van der Waals surface area contributed by atoms with Crippen molar-refractivity contribution in [3.8, 4) is 0 Å². The van der Waals surface area contributed by atoms with Crippen molar-refractivity contribution in [3.63, 3.8) is 0 Å². The molecule has 0 aliphatic carbocycles. The van der Waals surface area contributed by atoms with E-state index in [4.69, 9.17) is 11.6 Å². The number of anilines is 1. The Morgan fingerprint density at radius 2 is 2.00 bits per heavy atom. The molecule has 1 aliphatic heterocycles. The van der Waals surface area contributed by atoms with E-state index in [1.165, 1.54) is 5.56 Å². The van der Waals surface area contributed by atoms with Crippen LogP contribution in [0.25, 0.3) is 0 Å². The number of aromatic nitrogens is 1. The molecule has 3 rings (SSSR count). The summed E-state index contributed by atoms with van der Waals surface area (Å²) in [5.41, 5.74) is 1.25. The second-order valence-electron chi connectivity index (χ2n) is 5.46. The van der Waals surface area contributed by atoms with Crippen LogP contribution in [0.3, 0.4) is 0 Å². The molecule has 1 aliphatic rings. The molecule has 1 saturated heterocycles. The largest absolute Gasteiger partial charge is 0.357 e. The van der Waals surface area contributed by atoms with E-state index in [1.54, 1.807) is 0 Å². The number of pyridine rings is 1. The van der Waals surface area contributed by atoms with Crippen LogP contribution in [0.15, 0.2) is 48.7 Å². The molecule has 110 valence electrons. The van der Waals surface area contributed by atoms with Gasteiger partial charge in [-0.2, -0.15) is 0 Å². The van der Waals surface area contributed by atoms with Gasteiger partial charge < -0.3 is 10.2 Å². The van der Waals surface area contributed by atoms with Gasteiger partial charge in [0.25, 0.3) is 0 Å². The van der Waals surface area contributed by atoms with E-state index in [1.807, 2.05) is 36.5 Å². The summed E-state index contributed by atoms with van der Waals surface area (Å²) in [6, 6.07) is 14.7. The summed E-state index contributed by atoms with van der Waals surface area (Å²) in [5.74, 6) is 1.09. The van der Waals surface area contributed by atoms with Crippen LogP contribution in [0.5, 0.6) is 0 Å². The molecule has 0 unspecified atom stereocenters. The molecular weight excluding hydrogens is 282 g/mol. The van der Waals surface area contributed by atoms with E-state index < -0.39 is 0 Å². The summed E-state index contributed by atoms with van der Waals surface area (Å²) < 4.78 is 0. The first kappa shape index (κ1) is 14.4. The molecule has 0 saturated carbocycles. The fourth-order valence-electron chi connectivity index (χ4n) is 2.76. The summed E-state index contributed by atoms with van der Waals surface area (Å²) in [4.78, 5) is 6.78. The van der Waals surface area contributed by atoms with Crippen LogP contribution < -0.4 is 10.2 Å². The van der Waals surface area contributed by atoms with E-state index in [0.29, 0.717) is 6.04 Å². The molecule has 1 aromatic heterocycles. The quantitative estimate of drug-likeness (QED) is 0.937. The molecule has 0 bridgehead atoms. The van der Waals surface area contributed by atoms with E-state index in [0.717, 1.165) is 43.3 Å². The van der Waals surface area contributed by atoms with Crippen LogP contribution in [0.4, 0.5) is 5.82 Å². The zero-order chi connectivity index (χ0) is 14.5. The maximum absolute atomic E-state index is 6.01. The zero-order valence-corrected chi connectivity index (χ0v) is 12.8. The fraction of sp³-hybridized carbons (Fsp3) is 0.353. The van der Waals surface area contributed by atoms with Gasteiger partial charge >= 0.3 is 0 Å². The number of piperidine rings is 1. The van der Waals surface area contributed by atoms with Gasteiger partial charge in [0, 0.05) is 36.9 Å². The van der Waals surface area contributed by atoms with Crippen LogP contribution >= 0.6 is 11.6 Å². The molecule has 4 heteroatoms. The highest BCUT2D eigenvalue weighted by molar-refractivity contribution is 6.30. The average molecular weight is 302 g/mol. The fourth-order valence-corrected chi connectivity index (χ4v) is 2.98. The Labute approximate surface area is 131 Å². The molecule has 0 spiro atoms. The van der Waals surface area contributed by atoms with Crippen LogP contribution in [0.2, 0.25) is 5.02 Å². The summed E-state index contributed by atoms with van der Waals surface area (Å²) in [5, 5.41) is 4.44. The number of hydrogen-bond donors (Lipinski definition) is 1. The van der Waals surface area contributed by atoms with Gasteiger partial charge in [-0.3, -0.25) is 0 Å². The smallest absolute Gasteiger partial charge is 0.128 e. The van der Waals surface area contributed by atoms with E-state index in [9.17, 15) is 0 Å². The van der Waals surface area contributed by atoms with Crippen molar-refractivity contribution < 1.29 is 0 Å². The van der Waals surface area contributed by atoms with Crippen LogP contribution in [-0.2, 0) is 6.54 Å². The minimum absolute atomic E-state index is 0.573. The third kappa shape index (κ3) is 3.96. The highest BCUT2D eigenvalue weighted by atomic mass is 35.5. The molecule has 3 nitrogen and oxygen atoms in total. The van der Waals surface area contributed by atoms with Crippen molar-refractivity contribution >= 4 is 17.4 Å². The van der Waals surface area contributed by atoms with E-state index in [-0.39, 0.29) is 0 Å². The molecule has 0 amide bonds. The number of nitrogens with zero attached hydrogens (tertiary/aromatic N) is 2. The maximum atomic E-state index is 6.01. The topological polar surface area (TPSA) is 28.2 Å². The van der Waals surface area contributed by atoms with Crippen molar-refractivity contribution in [1.29, 1.82) is 0 Å². The van der Waals surface area contributed by atoms with Crippen molar-refractivity contribution in [2.45, 2.75) is 25.4 Å². The summed E-state index contributed by atoms with van der Waals surface area (Å²) in [6.45, 7) is 3.00. The molecule has 0 radical (unpaired) electrons. The molecule has 2 aromatic rings. The minimum atomic E-state index is 0.573. The number of halogens is 1. The first-order valence-corrected chi connectivity index (χ1v) is 7.83. The van der Waals surface area contributed by atoms with Gasteiger partial charge in [0.2, 0.25) is 0 Å². The lowest BCUT2D eigenvalue weighted by Gasteiger charge is -2.33. The second-order valence-corrected chi connectivity index (χ2v) is 5.90. The van der Waals surface area contributed by atoms with Crippen LogP contribution in [-0.4, -0.2) is 24.1 Å². The first-order valence-electron chi connectivity index (χ1n) is 7.45. The highest BCUT2D eigenvalue weighted by Gasteiger charge is 2.19. The van der Waals surface area contributed by atoms with Gasteiger partial charge in [-0.05, 0) is 42.7 Å². The Hall–Kier alpha value is -1.58. The minimum Gasteiger partial charge on any atom is -0.357 e. The average Bonchev–Trinajstić information content (AvgIpc) is 2.54. The van der Waals surface area contributed by atoms with Crippen LogP contribution in [0, 0.1) is 0 Å². The monoisotopic (exact) mass is 301 g/mol. The molecule has 2 heterocycles. The zero-order valence-electron chi connectivity index (χ0n) is 12.0. The number of benzene rings is 1. The van der Waals surface area contributed by atoms with Gasteiger partial charge in [0.15, 0.2) is 0 Å². The Morgan fingerprint density at radius 1 is 1.14 bits per heavy atom. The molecule has 1 fully saturated rings. The molecule has 21 heavy (non-hydrogen) atoms.